The SMILES string of the molecule is CN1CCN(CCN2CC[C@@H](N)C2)CC1. The van der Waals surface area contributed by atoms with Gasteiger partial charge < -0.3 is 15.5 Å². The van der Waals surface area contributed by atoms with Gasteiger partial charge in [0.25, 0.3) is 0 Å². The fourth-order valence-corrected chi connectivity index (χ4v) is 2.42. The topological polar surface area (TPSA) is 35.7 Å². The Morgan fingerprint density at radius 2 is 1.67 bits per heavy atom. The lowest BCUT2D eigenvalue weighted by Crippen LogP contribution is -2.46. The Balaban J connectivity index is 1.61. The Labute approximate surface area is 93.0 Å². The molecule has 4 nitrogen and oxygen atoms in total. The average molecular weight is 212 g/mol. The van der Waals surface area contributed by atoms with Crippen molar-refractivity contribution in [1.29, 1.82) is 0 Å². The van der Waals surface area contributed by atoms with E-state index in [1.807, 2.05) is 0 Å². The summed E-state index contributed by atoms with van der Waals surface area (Å²) >= 11 is 0. The summed E-state index contributed by atoms with van der Waals surface area (Å²) in [5.41, 5.74) is 5.89. The molecule has 0 saturated carbocycles. The van der Waals surface area contributed by atoms with Gasteiger partial charge in [0, 0.05) is 51.9 Å². The number of likely N-dealkylation sites (tertiary alicyclic amines) is 1. The zero-order chi connectivity index (χ0) is 10.7. The maximum atomic E-state index is 5.89. The molecule has 0 aromatic heterocycles. The molecule has 0 aliphatic carbocycles. The van der Waals surface area contributed by atoms with E-state index in [1.54, 1.807) is 0 Å². The van der Waals surface area contributed by atoms with Crippen LogP contribution in [0.15, 0.2) is 0 Å². The van der Waals surface area contributed by atoms with E-state index in [1.165, 1.54) is 52.2 Å². The summed E-state index contributed by atoms with van der Waals surface area (Å²) in [6.45, 7) is 9.65. The minimum Gasteiger partial charge on any atom is -0.326 e. The summed E-state index contributed by atoms with van der Waals surface area (Å²) < 4.78 is 0. The number of hydrogen-bond donors (Lipinski definition) is 1. The molecule has 0 unspecified atom stereocenters. The number of hydrogen-bond acceptors (Lipinski definition) is 4. The van der Waals surface area contributed by atoms with Crippen LogP contribution in [0.1, 0.15) is 6.42 Å². The average Bonchev–Trinajstić information content (AvgIpc) is 2.64. The van der Waals surface area contributed by atoms with E-state index in [-0.39, 0.29) is 0 Å². The molecule has 15 heavy (non-hydrogen) atoms. The van der Waals surface area contributed by atoms with Gasteiger partial charge in [0.15, 0.2) is 0 Å². The summed E-state index contributed by atoms with van der Waals surface area (Å²) in [7, 11) is 2.21. The first-order valence-electron chi connectivity index (χ1n) is 6.13. The summed E-state index contributed by atoms with van der Waals surface area (Å²) in [5.74, 6) is 0. The van der Waals surface area contributed by atoms with Gasteiger partial charge in [-0.05, 0) is 20.0 Å². The highest BCUT2D eigenvalue weighted by atomic mass is 15.3. The molecule has 0 spiro atoms. The van der Waals surface area contributed by atoms with Crippen molar-refractivity contribution in [2.24, 2.45) is 5.73 Å². The van der Waals surface area contributed by atoms with Crippen molar-refractivity contribution >= 4 is 0 Å². The van der Waals surface area contributed by atoms with Crippen LogP contribution in [-0.2, 0) is 0 Å². The van der Waals surface area contributed by atoms with Crippen molar-refractivity contribution in [3.63, 3.8) is 0 Å². The molecule has 2 saturated heterocycles. The normalized spacial score (nSPS) is 31.2. The molecule has 0 aromatic carbocycles. The van der Waals surface area contributed by atoms with E-state index in [0.29, 0.717) is 6.04 Å². The first kappa shape index (κ1) is 11.3. The fourth-order valence-electron chi connectivity index (χ4n) is 2.42. The standard InChI is InChI=1S/C11H24N4/c1-13-4-6-14(7-5-13)8-9-15-3-2-11(12)10-15/h11H,2-10,12H2,1H3/t11-/m1/s1. The highest BCUT2D eigenvalue weighted by molar-refractivity contribution is 4.79. The quantitative estimate of drug-likeness (QED) is 0.669. The number of piperazine rings is 1. The lowest BCUT2D eigenvalue weighted by atomic mass is 10.3. The molecule has 2 aliphatic heterocycles. The molecule has 2 N–H and O–H groups in total. The Hall–Kier alpha value is -0.160. The van der Waals surface area contributed by atoms with E-state index in [4.69, 9.17) is 5.73 Å². The molecule has 0 amide bonds. The smallest absolute Gasteiger partial charge is 0.0180 e. The molecule has 2 rings (SSSR count). The summed E-state index contributed by atoms with van der Waals surface area (Å²) in [4.78, 5) is 7.48. The van der Waals surface area contributed by atoms with E-state index >= 15 is 0 Å². The third-order valence-electron chi connectivity index (χ3n) is 3.64. The minimum atomic E-state index is 0.428. The van der Waals surface area contributed by atoms with Crippen LogP contribution in [0, 0.1) is 0 Å². The van der Waals surface area contributed by atoms with Crippen LogP contribution >= 0.6 is 0 Å². The van der Waals surface area contributed by atoms with Gasteiger partial charge in [-0.3, -0.25) is 4.90 Å². The van der Waals surface area contributed by atoms with E-state index < -0.39 is 0 Å². The summed E-state index contributed by atoms with van der Waals surface area (Å²) in [6.07, 6.45) is 1.18. The highest BCUT2D eigenvalue weighted by Gasteiger charge is 2.20. The van der Waals surface area contributed by atoms with Crippen LogP contribution in [-0.4, -0.2) is 80.1 Å². The predicted octanol–water partition coefficient (Wildman–Crippen LogP) is -0.733. The van der Waals surface area contributed by atoms with Crippen LogP contribution in [0.25, 0.3) is 0 Å². The molecular weight excluding hydrogens is 188 g/mol. The van der Waals surface area contributed by atoms with Crippen molar-refractivity contribution in [2.45, 2.75) is 12.5 Å². The zero-order valence-corrected chi connectivity index (χ0v) is 9.86. The van der Waals surface area contributed by atoms with Crippen molar-refractivity contribution in [3.8, 4) is 0 Å². The third kappa shape index (κ3) is 3.41. The van der Waals surface area contributed by atoms with E-state index in [2.05, 4.69) is 21.7 Å². The zero-order valence-electron chi connectivity index (χ0n) is 9.86. The molecule has 0 aromatic rings. The first-order chi connectivity index (χ1) is 7.24. The van der Waals surface area contributed by atoms with Gasteiger partial charge in [-0.15, -0.1) is 0 Å². The second-order valence-corrected chi connectivity index (χ2v) is 4.99. The van der Waals surface area contributed by atoms with Crippen molar-refractivity contribution in [3.05, 3.63) is 0 Å². The molecule has 0 bridgehead atoms. The fraction of sp³-hybridized carbons (Fsp3) is 1.00. The van der Waals surface area contributed by atoms with Gasteiger partial charge in [0.1, 0.15) is 0 Å². The van der Waals surface area contributed by atoms with Gasteiger partial charge in [-0.2, -0.15) is 0 Å². The lowest BCUT2D eigenvalue weighted by Gasteiger charge is -2.33. The van der Waals surface area contributed by atoms with Crippen molar-refractivity contribution in [1.82, 2.24) is 14.7 Å². The minimum absolute atomic E-state index is 0.428. The number of rotatable bonds is 3. The van der Waals surface area contributed by atoms with Gasteiger partial charge >= 0.3 is 0 Å². The van der Waals surface area contributed by atoms with Crippen molar-refractivity contribution < 1.29 is 0 Å². The predicted molar refractivity (Wildman–Crippen MR) is 63.0 cm³/mol. The van der Waals surface area contributed by atoms with Crippen LogP contribution in [0.2, 0.25) is 0 Å². The monoisotopic (exact) mass is 212 g/mol. The van der Waals surface area contributed by atoms with Crippen molar-refractivity contribution in [2.75, 3.05) is 59.4 Å². The third-order valence-corrected chi connectivity index (χ3v) is 3.64. The maximum Gasteiger partial charge on any atom is 0.0180 e. The van der Waals surface area contributed by atoms with Gasteiger partial charge in [-0.25, -0.2) is 0 Å². The molecule has 0 radical (unpaired) electrons. The van der Waals surface area contributed by atoms with Crippen LogP contribution in [0.5, 0.6) is 0 Å². The summed E-state index contributed by atoms with van der Waals surface area (Å²) in [5, 5.41) is 0. The molecule has 1 atom stereocenters. The Kier molecular flexibility index (Phi) is 3.97. The first-order valence-corrected chi connectivity index (χ1v) is 6.13. The van der Waals surface area contributed by atoms with Crippen LogP contribution in [0.3, 0.4) is 0 Å². The molecule has 2 heterocycles. The number of likely N-dealkylation sites (N-methyl/N-ethyl adjacent to an activating group) is 1. The molecule has 4 heteroatoms. The lowest BCUT2D eigenvalue weighted by molar-refractivity contribution is 0.140. The van der Waals surface area contributed by atoms with E-state index in [9.17, 15) is 0 Å². The number of nitrogens with zero attached hydrogens (tertiary/aromatic N) is 3. The molecule has 2 fully saturated rings. The van der Waals surface area contributed by atoms with Crippen LogP contribution < -0.4 is 5.73 Å². The van der Waals surface area contributed by atoms with E-state index in [0.717, 1.165) is 6.54 Å². The van der Waals surface area contributed by atoms with Gasteiger partial charge in [-0.1, -0.05) is 0 Å². The van der Waals surface area contributed by atoms with Gasteiger partial charge in [0.2, 0.25) is 0 Å². The highest BCUT2D eigenvalue weighted by Crippen LogP contribution is 2.07. The second kappa shape index (κ2) is 5.25. The maximum absolute atomic E-state index is 5.89. The second-order valence-electron chi connectivity index (χ2n) is 4.99. The molecule has 2 aliphatic rings. The van der Waals surface area contributed by atoms with Gasteiger partial charge in [0.05, 0.1) is 0 Å². The Bertz CT molecular complexity index is 189. The molecule has 88 valence electrons. The Morgan fingerprint density at radius 3 is 2.27 bits per heavy atom. The summed E-state index contributed by atoms with van der Waals surface area (Å²) in [6, 6.07) is 0.428. The molecular formula is C11H24N4. The number of nitrogens with two attached hydrogens (primary N) is 1. The largest absolute Gasteiger partial charge is 0.326 e. The van der Waals surface area contributed by atoms with Crippen LogP contribution in [0.4, 0.5) is 0 Å². The Morgan fingerprint density at radius 1 is 1.00 bits per heavy atom.